The minimum atomic E-state index is 0.666. The van der Waals surface area contributed by atoms with E-state index in [1.165, 1.54) is 49.7 Å². The maximum absolute atomic E-state index is 8.37. The van der Waals surface area contributed by atoms with Crippen LogP contribution in [0.4, 0.5) is 0 Å². The van der Waals surface area contributed by atoms with Crippen molar-refractivity contribution in [2.75, 3.05) is 0 Å². The average molecular weight is 248 g/mol. The van der Waals surface area contributed by atoms with Crippen LogP contribution in [0.25, 0.3) is 0 Å². The second-order valence-electron chi connectivity index (χ2n) is 4.33. The van der Waals surface area contributed by atoms with Gasteiger partial charge in [-0.2, -0.15) is 0 Å². The highest BCUT2D eigenvalue weighted by Crippen LogP contribution is 2.25. The molecule has 0 spiro atoms. The predicted molar refractivity (Wildman–Crippen MR) is 69.6 cm³/mol. The van der Waals surface area contributed by atoms with Gasteiger partial charge in [-0.1, -0.05) is 30.3 Å². The maximum Gasteiger partial charge on any atom is 0.167 e. The van der Waals surface area contributed by atoms with Crippen LogP contribution in [0.2, 0.25) is 0 Å². The molecular weight excluding hydrogens is 232 g/mol. The van der Waals surface area contributed by atoms with Crippen LogP contribution in [0.15, 0.2) is 10.5 Å². The molecule has 1 saturated carbocycles. The largest absolute Gasteiger partial charge is 0.411 e. The molecule has 1 aliphatic rings. The summed E-state index contributed by atoms with van der Waals surface area (Å²) in [5.41, 5.74) is 0.666. The molecule has 1 N–H and O–H groups in total. The summed E-state index contributed by atoms with van der Waals surface area (Å²) in [6, 6.07) is 0. The summed E-state index contributed by atoms with van der Waals surface area (Å²) in [6.45, 7) is 0. The fourth-order valence-corrected chi connectivity index (χ4v) is 2.76. The van der Waals surface area contributed by atoms with Crippen molar-refractivity contribution < 1.29 is 5.21 Å². The number of nitrogens with zero attached hydrogens (tertiary/aromatic N) is 2. The first-order valence-corrected chi connectivity index (χ1v) is 6.88. The Morgan fingerprint density at radius 2 is 2.29 bits per heavy atom. The average Bonchev–Trinajstić information content (AvgIpc) is 2.79. The number of aromatic nitrogens is 1. The highest BCUT2D eigenvalue weighted by atomic mass is 32.1. The van der Waals surface area contributed by atoms with Crippen molar-refractivity contribution in [3.63, 3.8) is 0 Å². The molecule has 1 aromatic rings. The summed E-state index contributed by atoms with van der Waals surface area (Å²) in [6.07, 6.45) is 9.08. The Balaban J connectivity index is 1.86. The third-order valence-electron chi connectivity index (χ3n) is 3.02. The van der Waals surface area contributed by atoms with Gasteiger partial charge in [-0.3, -0.25) is 0 Å². The third-order valence-corrected chi connectivity index (χ3v) is 3.80. The standard InChI is InChI=1S/C13H16N2OS/c16-14-9-12-10-17-13(15-12)8-4-7-11-5-2-1-3-6-11/h9-11,16H,1-3,5-7H2/b14-9+. The highest BCUT2D eigenvalue weighted by molar-refractivity contribution is 7.10. The van der Waals surface area contributed by atoms with E-state index in [-0.39, 0.29) is 0 Å². The van der Waals surface area contributed by atoms with E-state index in [4.69, 9.17) is 5.21 Å². The van der Waals surface area contributed by atoms with Gasteiger partial charge in [-0.05, 0) is 24.7 Å². The van der Waals surface area contributed by atoms with Gasteiger partial charge in [-0.15, -0.1) is 11.3 Å². The summed E-state index contributed by atoms with van der Waals surface area (Å²) in [7, 11) is 0. The van der Waals surface area contributed by atoms with Crippen LogP contribution in [0, 0.1) is 17.8 Å². The van der Waals surface area contributed by atoms with Crippen LogP contribution in [0.5, 0.6) is 0 Å². The smallest absolute Gasteiger partial charge is 0.167 e. The molecule has 0 radical (unpaired) electrons. The molecule has 0 saturated heterocycles. The molecule has 1 aliphatic carbocycles. The number of rotatable bonds is 2. The van der Waals surface area contributed by atoms with Crippen LogP contribution in [0.3, 0.4) is 0 Å². The van der Waals surface area contributed by atoms with Gasteiger partial charge in [0.05, 0.1) is 11.9 Å². The maximum atomic E-state index is 8.37. The lowest BCUT2D eigenvalue weighted by molar-refractivity contribution is 0.321. The normalized spacial score (nSPS) is 16.9. The molecule has 0 unspecified atom stereocenters. The molecular formula is C13H16N2OS. The van der Waals surface area contributed by atoms with Crippen molar-refractivity contribution in [3.8, 4) is 11.8 Å². The van der Waals surface area contributed by atoms with Gasteiger partial charge in [0, 0.05) is 11.8 Å². The van der Waals surface area contributed by atoms with E-state index < -0.39 is 0 Å². The van der Waals surface area contributed by atoms with Crippen LogP contribution >= 0.6 is 11.3 Å². The lowest BCUT2D eigenvalue weighted by Gasteiger charge is -2.18. The van der Waals surface area contributed by atoms with E-state index in [2.05, 4.69) is 22.0 Å². The Bertz CT molecular complexity index is 436. The van der Waals surface area contributed by atoms with Gasteiger partial charge in [0.15, 0.2) is 5.01 Å². The molecule has 0 amide bonds. The fraction of sp³-hybridized carbons (Fsp3) is 0.538. The highest BCUT2D eigenvalue weighted by Gasteiger charge is 2.11. The SMILES string of the molecule is O/N=C/c1csc(C#CCC2CCCCC2)n1. The molecule has 17 heavy (non-hydrogen) atoms. The Morgan fingerprint density at radius 1 is 1.47 bits per heavy atom. The first-order valence-electron chi connectivity index (χ1n) is 6.00. The molecule has 1 aromatic heterocycles. The Labute approximate surface area is 106 Å². The van der Waals surface area contributed by atoms with Crippen molar-refractivity contribution in [2.45, 2.75) is 38.5 Å². The summed E-state index contributed by atoms with van der Waals surface area (Å²) >= 11 is 1.49. The molecule has 3 nitrogen and oxygen atoms in total. The van der Waals surface area contributed by atoms with Crippen LogP contribution in [-0.2, 0) is 0 Å². The lowest BCUT2D eigenvalue weighted by Crippen LogP contribution is -2.04. The molecule has 0 atom stereocenters. The minimum absolute atomic E-state index is 0.666. The molecule has 90 valence electrons. The summed E-state index contributed by atoms with van der Waals surface area (Å²) in [5, 5.41) is 14.0. The first kappa shape index (κ1) is 12.1. The van der Waals surface area contributed by atoms with E-state index in [0.717, 1.165) is 17.3 Å². The number of oxime groups is 1. The molecule has 1 heterocycles. The van der Waals surface area contributed by atoms with Crippen molar-refractivity contribution >= 4 is 17.6 Å². The van der Waals surface area contributed by atoms with Gasteiger partial charge in [0.25, 0.3) is 0 Å². The zero-order valence-corrected chi connectivity index (χ0v) is 10.5. The molecule has 1 fully saturated rings. The monoisotopic (exact) mass is 248 g/mol. The van der Waals surface area contributed by atoms with Gasteiger partial charge < -0.3 is 5.21 Å². The Kier molecular flexibility index (Phi) is 4.57. The van der Waals surface area contributed by atoms with Crippen molar-refractivity contribution in [2.24, 2.45) is 11.1 Å². The van der Waals surface area contributed by atoms with Crippen LogP contribution in [0.1, 0.15) is 49.2 Å². The van der Waals surface area contributed by atoms with E-state index in [9.17, 15) is 0 Å². The summed E-state index contributed by atoms with van der Waals surface area (Å²) in [5.74, 6) is 7.09. The second kappa shape index (κ2) is 6.41. The molecule has 0 bridgehead atoms. The van der Waals surface area contributed by atoms with E-state index in [0.29, 0.717) is 5.69 Å². The van der Waals surface area contributed by atoms with E-state index >= 15 is 0 Å². The Hall–Kier alpha value is -1.34. The molecule has 0 aromatic carbocycles. The zero-order chi connectivity index (χ0) is 11.9. The van der Waals surface area contributed by atoms with Crippen LogP contribution in [-0.4, -0.2) is 16.4 Å². The Morgan fingerprint density at radius 3 is 3.06 bits per heavy atom. The third kappa shape index (κ3) is 3.86. The zero-order valence-electron chi connectivity index (χ0n) is 9.72. The second-order valence-corrected chi connectivity index (χ2v) is 5.19. The van der Waals surface area contributed by atoms with Crippen molar-refractivity contribution in [3.05, 3.63) is 16.1 Å². The van der Waals surface area contributed by atoms with Crippen molar-refractivity contribution in [1.82, 2.24) is 4.98 Å². The van der Waals surface area contributed by atoms with Crippen LogP contribution < -0.4 is 0 Å². The molecule has 2 rings (SSSR count). The fourth-order valence-electron chi connectivity index (χ4n) is 2.12. The minimum Gasteiger partial charge on any atom is -0.411 e. The van der Waals surface area contributed by atoms with E-state index in [1.54, 1.807) is 0 Å². The quantitative estimate of drug-likeness (QED) is 0.378. The lowest BCUT2D eigenvalue weighted by atomic mass is 9.87. The van der Waals surface area contributed by atoms with Gasteiger partial charge in [-0.25, -0.2) is 4.98 Å². The topological polar surface area (TPSA) is 45.5 Å². The van der Waals surface area contributed by atoms with Gasteiger partial charge >= 0.3 is 0 Å². The molecule has 0 aliphatic heterocycles. The molecule has 4 heteroatoms. The first-order chi connectivity index (χ1) is 8.38. The number of hydrogen-bond donors (Lipinski definition) is 1. The summed E-state index contributed by atoms with van der Waals surface area (Å²) < 4.78 is 0. The van der Waals surface area contributed by atoms with E-state index in [1.807, 2.05) is 5.38 Å². The number of hydrogen-bond acceptors (Lipinski definition) is 4. The number of thiazole rings is 1. The summed E-state index contributed by atoms with van der Waals surface area (Å²) in [4.78, 5) is 4.22. The van der Waals surface area contributed by atoms with Gasteiger partial charge in [0.2, 0.25) is 0 Å². The predicted octanol–water partition coefficient (Wildman–Crippen LogP) is 3.27. The van der Waals surface area contributed by atoms with Gasteiger partial charge in [0.1, 0.15) is 0 Å². The van der Waals surface area contributed by atoms with Crippen molar-refractivity contribution in [1.29, 1.82) is 0 Å².